The standard InChI is InChI=1S/C21H23N3O3S/c1-13-5-6-15(10-14(13)2)16-11-28-20-18(16)19(23-12-24-20)22-7-9-27-21(25)17-4-3-8-26-17/h5-6,10-12,17H,3-4,7-9H2,1-2H3,(H,22,23,24). The molecule has 1 N–H and O–H groups in total. The molecule has 2 aromatic heterocycles. The van der Waals surface area contributed by atoms with Gasteiger partial charge < -0.3 is 14.8 Å². The molecule has 1 atom stereocenters. The highest BCUT2D eigenvalue weighted by Crippen LogP contribution is 2.37. The molecule has 0 saturated carbocycles. The van der Waals surface area contributed by atoms with Crippen molar-refractivity contribution in [3.63, 3.8) is 0 Å². The zero-order valence-corrected chi connectivity index (χ0v) is 16.8. The number of aromatic nitrogens is 2. The first-order valence-electron chi connectivity index (χ1n) is 9.45. The molecule has 0 radical (unpaired) electrons. The van der Waals surface area contributed by atoms with E-state index in [1.54, 1.807) is 17.7 Å². The van der Waals surface area contributed by atoms with Crippen LogP contribution in [0.1, 0.15) is 24.0 Å². The molecule has 7 heteroatoms. The van der Waals surface area contributed by atoms with Crippen LogP contribution >= 0.6 is 11.3 Å². The summed E-state index contributed by atoms with van der Waals surface area (Å²) >= 11 is 1.60. The van der Waals surface area contributed by atoms with E-state index >= 15 is 0 Å². The second-order valence-electron chi connectivity index (χ2n) is 6.95. The topological polar surface area (TPSA) is 73.3 Å². The lowest BCUT2D eigenvalue weighted by Gasteiger charge is -2.11. The monoisotopic (exact) mass is 397 g/mol. The Morgan fingerprint density at radius 2 is 2.21 bits per heavy atom. The number of aryl methyl sites for hydroxylation is 2. The molecule has 1 aliphatic rings. The minimum absolute atomic E-state index is 0.271. The number of fused-ring (bicyclic) bond motifs is 1. The van der Waals surface area contributed by atoms with Crippen molar-refractivity contribution in [3.05, 3.63) is 41.0 Å². The number of nitrogens with zero attached hydrogens (tertiary/aromatic N) is 2. The summed E-state index contributed by atoms with van der Waals surface area (Å²) in [5.74, 6) is 0.478. The molecule has 3 heterocycles. The Labute approximate surface area is 167 Å². The van der Waals surface area contributed by atoms with Crippen molar-refractivity contribution in [2.45, 2.75) is 32.8 Å². The van der Waals surface area contributed by atoms with Gasteiger partial charge in [-0.05, 0) is 43.4 Å². The third-order valence-electron chi connectivity index (χ3n) is 5.02. The average Bonchev–Trinajstić information content (AvgIpc) is 3.37. The maximum absolute atomic E-state index is 11.9. The summed E-state index contributed by atoms with van der Waals surface area (Å²) in [6.45, 7) is 5.61. The quantitative estimate of drug-likeness (QED) is 0.498. The van der Waals surface area contributed by atoms with Crippen molar-refractivity contribution < 1.29 is 14.3 Å². The van der Waals surface area contributed by atoms with Crippen molar-refractivity contribution >= 4 is 33.3 Å². The van der Waals surface area contributed by atoms with Crippen LogP contribution in [0.25, 0.3) is 21.3 Å². The average molecular weight is 398 g/mol. The Morgan fingerprint density at radius 1 is 1.32 bits per heavy atom. The van der Waals surface area contributed by atoms with Crippen LogP contribution in [-0.4, -0.2) is 41.8 Å². The Bertz CT molecular complexity index is 996. The third-order valence-corrected chi connectivity index (χ3v) is 5.91. The summed E-state index contributed by atoms with van der Waals surface area (Å²) in [6, 6.07) is 6.45. The number of hydrogen-bond donors (Lipinski definition) is 1. The van der Waals surface area contributed by atoms with Crippen LogP contribution in [-0.2, 0) is 14.3 Å². The van der Waals surface area contributed by atoms with Gasteiger partial charge in [-0.15, -0.1) is 11.3 Å². The number of hydrogen-bond acceptors (Lipinski definition) is 7. The van der Waals surface area contributed by atoms with Crippen LogP contribution in [0.2, 0.25) is 0 Å². The Kier molecular flexibility index (Phi) is 5.54. The van der Waals surface area contributed by atoms with Gasteiger partial charge >= 0.3 is 5.97 Å². The molecular formula is C21H23N3O3S. The molecule has 1 aliphatic heterocycles. The third kappa shape index (κ3) is 3.86. The molecule has 0 bridgehead atoms. The summed E-state index contributed by atoms with van der Waals surface area (Å²) < 4.78 is 10.7. The maximum atomic E-state index is 11.9. The van der Waals surface area contributed by atoms with Gasteiger partial charge in [0.2, 0.25) is 0 Å². The van der Waals surface area contributed by atoms with Gasteiger partial charge in [-0.1, -0.05) is 18.2 Å². The van der Waals surface area contributed by atoms with E-state index in [-0.39, 0.29) is 12.6 Å². The minimum atomic E-state index is -0.404. The first-order valence-corrected chi connectivity index (χ1v) is 10.3. The summed E-state index contributed by atoms with van der Waals surface area (Å²) in [5.41, 5.74) is 4.79. The Morgan fingerprint density at radius 3 is 3.00 bits per heavy atom. The molecule has 3 aromatic rings. The van der Waals surface area contributed by atoms with Crippen LogP contribution in [0, 0.1) is 13.8 Å². The predicted octanol–water partition coefficient (Wildman–Crippen LogP) is 4.11. The van der Waals surface area contributed by atoms with E-state index in [4.69, 9.17) is 9.47 Å². The van der Waals surface area contributed by atoms with Gasteiger partial charge in [0, 0.05) is 17.6 Å². The van der Waals surface area contributed by atoms with Crippen LogP contribution in [0.4, 0.5) is 5.82 Å². The molecule has 4 rings (SSSR count). The number of thiophene rings is 1. The van der Waals surface area contributed by atoms with Gasteiger partial charge in [0.05, 0.1) is 11.9 Å². The van der Waals surface area contributed by atoms with Gasteiger partial charge in [-0.3, -0.25) is 0 Å². The first-order chi connectivity index (χ1) is 13.6. The van der Waals surface area contributed by atoms with E-state index < -0.39 is 6.10 Å². The van der Waals surface area contributed by atoms with E-state index in [1.165, 1.54) is 11.1 Å². The van der Waals surface area contributed by atoms with E-state index in [2.05, 4.69) is 52.7 Å². The zero-order valence-electron chi connectivity index (χ0n) is 16.0. The van der Waals surface area contributed by atoms with Crippen LogP contribution in [0.5, 0.6) is 0 Å². The SMILES string of the molecule is Cc1ccc(-c2csc3ncnc(NCCOC(=O)C4CCCO4)c23)cc1C. The molecule has 0 aliphatic carbocycles. The van der Waals surface area contributed by atoms with Crippen molar-refractivity contribution in [3.8, 4) is 11.1 Å². The van der Waals surface area contributed by atoms with E-state index in [1.807, 2.05) is 0 Å². The van der Waals surface area contributed by atoms with Gasteiger partial charge in [0.1, 0.15) is 23.6 Å². The number of carbonyl (C=O) groups is 1. The van der Waals surface area contributed by atoms with E-state index in [0.29, 0.717) is 13.2 Å². The van der Waals surface area contributed by atoms with Crippen LogP contribution in [0.15, 0.2) is 29.9 Å². The van der Waals surface area contributed by atoms with Crippen LogP contribution < -0.4 is 5.32 Å². The summed E-state index contributed by atoms with van der Waals surface area (Å²) in [7, 11) is 0. The molecular weight excluding hydrogens is 374 g/mol. The molecule has 0 spiro atoms. The second-order valence-corrected chi connectivity index (χ2v) is 7.80. The van der Waals surface area contributed by atoms with Gasteiger partial charge in [-0.2, -0.15) is 0 Å². The molecule has 6 nitrogen and oxygen atoms in total. The normalized spacial score (nSPS) is 16.4. The van der Waals surface area contributed by atoms with Gasteiger partial charge in [0.25, 0.3) is 0 Å². The largest absolute Gasteiger partial charge is 0.462 e. The highest BCUT2D eigenvalue weighted by atomic mass is 32.1. The minimum Gasteiger partial charge on any atom is -0.462 e. The molecule has 0 amide bonds. The van der Waals surface area contributed by atoms with E-state index in [9.17, 15) is 4.79 Å². The number of ether oxygens (including phenoxy) is 2. The Hall–Kier alpha value is -2.51. The molecule has 1 unspecified atom stereocenters. The van der Waals surface area contributed by atoms with Crippen molar-refractivity contribution in [1.82, 2.24) is 9.97 Å². The number of carbonyl (C=O) groups excluding carboxylic acids is 1. The lowest BCUT2D eigenvalue weighted by Crippen LogP contribution is -2.24. The summed E-state index contributed by atoms with van der Waals surface area (Å²) in [4.78, 5) is 21.7. The fourth-order valence-electron chi connectivity index (χ4n) is 3.31. The fraction of sp³-hybridized carbons (Fsp3) is 0.381. The van der Waals surface area contributed by atoms with Crippen molar-refractivity contribution in [2.75, 3.05) is 25.1 Å². The maximum Gasteiger partial charge on any atom is 0.335 e. The van der Waals surface area contributed by atoms with E-state index in [0.717, 1.165) is 40.0 Å². The smallest absolute Gasteiger partial charge is 0.335 e. The van der Waals surface area contributed by atoms with Crippen molar-refractivity contribution in [2.24, 2.45) is 0 Å². The highest BCUT2D eigenvalue weighted by Gasteiger charge is 2.24. The Balaban J connectivity index is 1.48. The molecule has 146 valence electrons. The van der Waals surface area contributed by atoms with Crippen LogP contribution in [0.3, 0.4) is 0 Å². The number of benzene rings is 1. The molecule has 1 fully saturated rings. The first kappa shape index (κ1) is 18.8. The van der Waals surface area contributed by atoms with Crippen molar-refractivity contribution in [1.29, 1.82) is 0 Å². The number of nitrogens with one attached hydrogen (secondary N) is 1. The molecule has 1 saturated heterocycles. The lowest BCUT2D eigenvalue weighted by atomic mass is 10.0. The number of rotatable bonds is 6. The highest BCUT2D eigenvalue weighted by molar-refractivity contribution is 7.17. The number of esters is 1. The second kappa shape index (κ2) is 8.24. The summed E-state index contributed by atoms with van der Waals surface area (Å²) in [5, 5.41) is 6.41. The van der Waals surface area contributed by atoms with Gasteiger partial charge in [-0.25, -0.2) is 14.8 Å². The molecule has 28 heavy (non-hydrogen) atoms. The van der Waals surface area contributed by atoms with Gasteiger partial charge in [0.15, 0.2) is 6.10 Å². The fourth-order valence-corrected chi connectivity index (χ4v) is 4.22. The zero-order chi connectivity index (χ0) is 19.5. The molecule has 1 aromatic carbocycles. The number of anilines is 1. The lowest BCUT2D eigenvalue weighted by molar-refractivity contribution is -0.153. The summed E-state index contributed by atoms with van der Waals surface area (Å²) in [6.07, 6.45) is 2.81. The predicted molar refractivity (Wildman–Crippen MR) is 111 cm³/mol.